The van der Waals surface area contributed by atoms with Gasteiger partial charge in [0.05, 0.1) is 12.9 Å². The van der Waals surface area contributed by atoms with E-state index in [4.69, 9.17) is 6.42 Å². The molecule has 0 fully saturated rings. The van der Waals surface area contributed by atoms with E-state index in [-0.39, 0.29) is 4.80 Å². The SMILES string of the molecule is C#CCSc1nn(C(=O)OC)c(=NC(=O)N(C)C)s1. The smallest absolute Gasteiger partial charge is 0.437 e. The molecule has 9 heteroatoms. The predicted octanol–water partition coefficient (Wildman–Crippen LogP) is 0.867. The maximum absolute atomic E-state index is 11.5. The Morgan fingerprint density at radius 1 is 1.63 bits per heavy atom. The first-order chi connectivity index (χ1) is 8.99. The van der Waals surface area contributed by atoms with E-state index in [1.165, 1.54) is 23.8 Å². The van der Waals surface area contributed by atoms with Crippen LogP contribution in [0.2, 0.25) is 0 Å². The molecule has 0 aliphatic carbocycles. The number of hydrogen-bond acceptors (Lipinski definition) is 6. The largest absolute Gasteiger partial charge is 0.451 e. The highest BCUT2D eigenvalue weighted by atomic mass is 32.2. The molecule has 1 heterocycles. The van der Waals surface area contributed by atoms with Gasteiger partial charge in [-0.3, -0.25) is 0 Å². The first-order valence-corrected chi connectivity index (χ1v) is 6.80. The van der Waals surface area contributed by atoms with Gasteiger partial charge in [0.25, 0.3) is 0 Å². The molecule has 1 rings (SSSR count). The zero-order valence-electron chi connectivity index (χ0n) is 10.6. The Morgan fingerprint density at radius 2 is 2.32 bits per heavy atom. The number of carbonyl (C=O) groups excluding carboxylic acids is 2. The van der Waals surface area contributed by atoms with E-state index in [1.807, 2.05) is 0 Å². The Labute approximate surface area is 118 Å². The van der Waals surface area contributed by atoms with Gasteiger partial charge in [0, 0.05) is 14.1 Å². The summed E-state index contributed by atoms with van der Waals surface area (Å²) in [5.41, 5.74) is 0. The van der Waals surface area contributed by atoms with Gasteiger partial charge in [0.1, 0.15) is 0 Å². The van der Waals surface area contributed by atoms with Crippen LogP contribution < -0.4 is 4.80 Å². The van der Waals surface area contributed by atoms with Crippen LogP contribution >= 0.6 is 23.1 Å². The molecule has 0 saturated carbocycles. The van der Waals surface area contributed by atoms with E-state index in [9.17, 15) is 9.59 Å². The van der Waals surface area contributed by atoms with Crippen molar-refractivity contribution < 1.29 is 14.3 Å². The highest BCUT2D eigenvalue weighted by Crippen LogP contribution is 2.16. The molecule has 0 atom stereocenters. The molecule has 1 aromatic rings. The van der Waals surface area contributed by atoms with Gasteiger partial charge in [-0.15, -0.1) is 16.2 Å². The number of methoxy groups -OCH3 is 1. The van der Waals surface area contributed by atoms with E-state index in [0.29, 0.717) is 10.1 Å². The van der Waals surface area contributed by atoms with Crippen LogP contribution in [0.5, 0.6) is 0 Å². The van der Waals surface area contributed by atoms with Gasteiger partial charge < -0.3 is 9.64 Å². The van der Waals surface area contributed by atoms with E-state index >= 15 is 0 Å². The molecule has 2 amide bonds. The molecular weight excluding hydrogens is 288 g/mol. The number of ether oxygens (including phenoxy) is 1. The number of urea groups is 1. The van der Waals surface area contributed by atoms with Gasteiger partial charge in [0.2, 0.25) is 4.80 Å². The van der Waals surface area contributed by atoms with E-state index in [0.717, 1.165) is 16.0 Å². The highest BCUT2D eigenvalue weighted by Gasteiger charge is 2.14. The van der Waals surface area contributed by atoms with Crippen LogP contribution in [0.4, 0.5) is 9.59 Å². The van der Waals surface area contributed by atoms with Gasteiger partial charge in [-0.05, 0) is 0 Å². The fourth-order valence-corrected chi connectivity index (χ4v) is 2.47. The minimum atomic E-state index is -0.714. The van der Waals surface area contributed by atoms with Gasteiger partial charge in [0.15, 0.2) is 4.34 Å². The standard InChI is InChI=1S/C10H12N4O3S2/c1-5-6-18-9-12-14(10(16)17-4)8(19-9)11-7(15)13(2)3/h1H,6H2,2-4H3. The van der Waals surface area contributed by atoms with Crippen molar-refractivity contribution in [3.63, 3.8) is 0 Å². The first-order valence-electron chi connectivity index (χ1n) is 5.00. The van der Waals surface area contributed by atoms with Crippen molar-refractivity contribution in [2.24, 2.45) is 4.99 Å². The second-order valence-corrected chi connectivity index (χ2v) is 5.49. The fraction of sp³-hybridized carbons (Fsp3) is 0.400. The van der Waals surface area contributed by atoms with E-state index in [1.54, 1.807) is 14.1 Å². The normalized spacial score (nSPS) is 10.9. The van der Waals surface area contributed by atoms with Crippen molar-refractivity contribution in [1.29, 1.82) is 0 Å². The highest BCUT2D eigenvalue weighted by molar-refractivity contribution is 8.01. The first kappa shape index (κ1) is 15.3. The van der Waals surface area contributed by atoms with Crippen molar-refractivity contribution in [1.82, 2.24) is 14.7 Å². The zero-order chi connectivity index (χ0) is 14.4. The molecular formula is C10H12N4O3S2. The van der Waals surface area contributed by atoms with Crippen LogP contribution in [-0.4, -0.2) is 53.8 Å². The van der Waals surface area contributed by atoms with Crippen molar-refractivity contribution in [2.75, 3.05) is 27.0 Å². The topological polar surface area (TPSA) is 76.8 Å². The lowest BCUT2D eigenvalue weighted by atomic mass is 10.8. The summed E-state index contributed by atoms with van der Waals surface area (Å²) in [5, 5.41) is 3.99. The van der Waals surface area contributed by atoms with Gasteiger partial charge >= 0.3 is 12.1 Å². The third-order valence-corrected chi connectivity index (χ3v) is 3.69. The molecule has 102 valence electrons. The summed E-state index contributed by atoms with van der Waals surface area (Å²) in [6.45, 7) is 0. The van der Waals surface area contributed by atoms with Crippen LogP contribution in [0.15, 0.2) is 9.33 Å². The lowest BCUT2D eigenvalue weighted by Crippen LogP contribution is -2.28. The third-order valence-electron chi connectivity index (χ3n) is 1.74. The number of amides is 2. The van der Waals surface area contributed by atoms with Crippen molar-refractivity contribution in [3.05, 3.63) is 4.80 Å². The Kier molecular flexibility index (Phi) is 5.59. The quantitative estimate of drug-likeness (QED) is 0.598. The van der Waals surface area contributed by atoms with Crippen LogP contribution in [0.3, 0.4) is 0 Å². The number of hydrogen-bond donors (Lipinski definition) is 0. The molecule has 0 radical (unpaired) electrons. The van der Waals surface area contributed by atoms with Gasteiger partial charge in [-0.1, -0.05) is 29.0 Å². The van der Waals surface area contributed by atoms with E-state index < -0.39 is 12.1 Å². The van der Waals surface area contributed by atoms with Crippen LogP contribution in [0, 0.1) is 12.3 Å². The van der Waals surface area contributed by atoms with Gasteiger partial charge in [-0.25, -0.2) is 9.59 Å². The lowest BCUT2D eigenvalue weighted by molar-refractivity contribution is 0.167. The second kappa shape index (κ2) is 6.96. The summed E-state index contributed by atoms with van der Waals surface area (Å²) in [4.78, 5) is 28.3. The molecule has 0 spiro atoms. The Bertz CT molecular complexity index is 582. The minimum absolute atomic E-state index is 0.144. The summed E-state index contributed by atoms with van der Waals surface area (Å²) in [5.74, 6) is 2.86. The summed E-state index contributed by atoms with van der Waals surface area (Å²) in [7, 11) is 4.34. The molecule has 0 N–H and O–H groups in total. The summed E-state index contributed by atoms with van der Waals surface area (Å²) in [6.07, 6.45) is 4.44. The Hall–Kier alpha value is -1.79. The number of nitrogens with zero attached hydrogens (tertiary/aromatic N) is 4. The molecule has 0 saturated heterocycles. The predicted molar refractivity (Wildman–Crippen MR) is 72.1 cm³/mol. The maximum atomic E-state index is 11.5. The summed E-state index contributed by atoms with van der Waals surface area (Å²) >= 11 is 2.37. The monoisotopic (exact) mass is 300 g/mol. The lowest BCUT2D eigenvalue weighted by Gasteiger charge is -2.03. The third kappa shape index (κ3) is 4.11. The van der Waals surface area contributed by atoms with Crippen LogP contribution in [-0.2, 0) is 4.74 Å². The molecule has 7 nitrogen and oxygen atoms in total. The van der Waals surface area contributed by atoms with Crippen LogP contribution in [0.1, 0.15) is 0 Å². The number of aromatic nitrogens is 2. The van der Waals surface area contributed by atoms with Gasteiger partial charge in [-0.2, -0.15) is 4.99 Å². The van der Waals surface area contributed by atoms with Crippen LogP contribution in [0.25, 0.3) is 0 Å². The number of rotatable bonds is 2. The zero-order valence-corrected chi connectivity index (χ0v) is 12.2. The second-order valence-electron chi connectivity index (χ2n) is 3.31. The van der Waals surface area contributed by atoms with E-state index in [2.05, 4.69) is 20.7 Å². The number of thioether (sulfide) groups is 1. The molecule has 0 unspecified atom stereocenters. The molecule has 0 aliphatic rings. The molecule has 0 bridgehead atoms. The van der Waals surface area contributed by atoms with Crippen molar-refractivity contribution in [2.45, 2.75) is 4.34 Å². The average molecular weight is 300 g/mol. The fourth-order valence-electron chi connectivity index (χ4n) is 0.885. The molecule has 0 aliphatic heterocycles. The Balaban J connectivity index is 3.20. The molecule has 0 aromatic carbocycles. The minimum Gasteiger partial charge on any atom is -0.451 e. The van der Waals surface area contributed by atoms with Crippen molar-refractivity contribution in [3.8, 4) is 12.3 Å². The molecule has 1 aromatic heterocycles. The summed E-state index contributed by atoms with van der Waals surface area (Å²) in [6, 6.07) is -0.491. The summed E-state index contributed by atoms with van der Waals surface area (Å²) < 4.78 is 6.04. The Morgan fingerprint density at radius 3 is 2.84 bits per heavy atom. The average Bonchev–Trinajstić information content (AvgIpc) is 2.78. The number of terminal acetylenes is 1. The number of carbonyl (C=O) groups is 2. The molecule has 19 heavy (non-hydrogen) atoms. The van der Waals surface area contributed by atoms with Crippen molar-refractivity contribution >= 4 is 35.2 Å². The maximum Gasteiger partial charge on any atom is 0.437 e.